The summed E-state index contributed by atoms with van der Waals surface area (Å²) in [6.07, 6.45) is 3.88. The topological polar surface area (TPSA) is 82.1 Å². The van der Waals surface area contributed by atoms with Crippen molar-refractivity contribution < 1.29 is 4.74 Å². The largest absolute Gasteiger partial charge is 0.493 e. The standard InChI is InChI=1S/C26H32N6O/c1-17(2)15-33-22-7-6-19-12-21(5-4-20(19)13-22)24-23-25(27)28-16-29-26(23)32(30-24)14-18-8-10-31(3)11-9-18/h4-7,12-13,16-18H,8-11,14-15H2,1-3H3,(H2,27,28,29). The van der Waals surface area contributed by atoms with E-state index < -0.39 is 0 Å². The molecular weight excluding hydrogens is 412 g/mol. The molecule has 2 aromatic carbocycles. The number of benzene rings is 2. The van der Waals surface area contributed by atoms with Crippen molar-refractivity contribution >= 4 is 27.6 Å². The number of piperidine rings is 1. The Bertz CT molecular complexity index is 1270. The highest BCUT2D eigenvalue weighted by Crippen LogP contribution is 2.33. The maximum Gasteiger partial charge on any atom is 0.163 e. The van der Waals surface area contributed by atoms with Crippen molar-refractivity contribution in [1.29, 1.82) is 0 Å². The van der Waals surface area contributed by atoms with Crippen molar-refractivity contribution in [3.8, 4) is 17.0 Å². The van der Waals surface area contributed by atoms with Crippen LogP contribution in [0.15, 0.2) is 42.7 Å². The van der Waals surface area contributed by atoms with E-state index in [1.165, 1.54) is 19.2 Å². The molecule has 3 heterocycles. The number of hydrogen-bond acceptors (Lipinski definition) is 6. The van der Waals surface area contributed by atoms with Gasteiger partial charge in [-0.15, -0.1) is 0 Å². The van der Waals surface area contributed by atoms with Gasteiger partial charge in [-0.1, -0.05) is 32.0 Å². The lowest BCUT2D eigenvalue weighted by Crippen LogP contribution is -2.32. The molecule has 1 saturated heterocycles. The summed E-state index contributed by atoms with van der Waals surface area (Å²) in [6, 6.07) is 12.6. The van der Waals surface area contributed by atoms with E-state index in [9.17, 15) is 0 Å². The van der Waals surface area contributed by atoms with Crippen molar-refractivity contribution in [2.75, 3.05) is 32.5 Å². The molecule has 2 N–H and O–H groups in total. The highest BCUT2D eigenvalue weighted by Gasteiger charge is 2.22. The molecule has 0 saturated carbocycles. The molecule has 0 amide bonds. The van der Waals surface area contributed by atoms with Gasteiger partial charge in [0.1, 0.15) is 23.6 Å². The predicted molar refractivity (Wildman–Crippen MR) is 133 cm³/mol. The number of likely N-dealkylation sites (tertiary alicyclic amines) is 1. The zero-order valence-electron chi connectivity index (χ0n) is 19.7. The minimum Gasteiger partial charge on any atom is -0.493 e. The van der Waals surface area contributed by atoms with Gasteiger partial charge in [-0.05, 0) is 73.8 Å². The van der Waals surface area contributed by atoms with Gasteiger partial charge in [0.2, 0.25) is 0 Å². The number of ether oxygens (including phenoxy) is 1. The van der Waals surface area contributed by atoms with Gasteiger partial charge in [-0.25, -0.2) is 14.6 Å². The summed E-state index contributed by atoms with van der Waals surface area (Å²) >= 11 is 0. The second-order valence-corrected chi connectivity index (χ2v) is 9.66. The van der Waals surface area contributed by atoms with Crippen molar-refractivity contribution in [1.82, 2.24) is 24.6 Å². The summed E-state index contributed by atoms with van der Waals surface area (Å²) in [4.78, 5) is 11.2. The summed E-state index contributed by atoms with van der Waals surface area (Å²) < 4.78 is 7.93. The Morgan fingerprint density at radius 1 is 1.06 bits per heavy atom. The van der Waals surface area contributed by atoms with Crippen LogP contribution in [0.25, 0.3) is 33.1 Å². The Kier molecular flexibility index (Phi) is 5.89. The zero-order chi connectivity index (χ0) is 22.9. The van der Waals surface area contributed by atoms with Gasteiger partial charge in [0.15, 0.2) is 5.65 Å². The van der Waals surface area contributed by atoms with E-state index in [1.807, 2.05) is 10.7 Å². The van der Waals surface area contributed by atoms with Gasteiger partial charge in [-0.2, -0.15) is 5.10 Å². The Morgan fingerprint density at radius 3 is 2.61 bits per heavy atom. The van der Waals surface area contributed by atoms with Crippen LogP contribution in [0.1, 0.15) is 26.7 Å². The Morgan fingerprint density at radius 2 is 1.82 bits per heavy atom. The third-order valence-electron chi connectivity index (χ3n) is 6.50. The fourth-order valence-electron chi connectivity index (χ4n) is 4.57. The Hall–Kier alpha value is -3.19. The zero-order valence-corrected chi connectivity index (χ0v) is 19.7. The smallest absolute Gasteiger partial charge is 0.163 e. The molecule has 0 aliphatic carbocycles. The minimum atomic E-state index is 0.474. The highest BCUT2D eigenvalue weighted by molar-refractivity contribution is 6.00. The maximum atomic E-state index is 6.32. The van der Waals surface area contributed by atoms with E-state index in [1.54, 1.807) is 0 Å². The van der Waals surface area contributed by atoms with Gasteiger partial charge >= 0.3 is 0 Å². The number of nitrogens with zero attached hydrogens (tertiary/aromatic N) is 5. The molecule has 1 fully saturated rings. The van der Waals surface area contributed by atoms with Gasteiger partial charge in [0, 0.05) is 12.1 Å². The average molecular weight is 445 g/mol. The third kappa shape index (κ3) is 4.50. The molecule has 0 atom stereocenters. The molecule has 4 aromatic rings. The molecule has 2 aromatic heterocycles. The molecule has 0 bridgehead atoms. The molecular formula is C26H32N6O. The minimum absolute atomic E-state index is 0.474. The summed E-state index contributed by atoms with van der Waals surface area (Å²) in [6.45, 7) is 8.12. The van der Waals surface area contributed by atoms with E-state index in [0.29, 0.717) is 24.3 Å². The van der Waals surface area contributed by atoms with Crippen molar-refractivity contribution in [3.05, 3.63) is 42.7 Å². The van der Waals surface area contributed by atoms with E-state index in [0.717, 1.165) is 58.4 Å². The summed E-state index contributed by atoms with van der Waals surface area (Å²) in [5.74, 6) is 2.46. The fraction of sp³-hybridized carbons (Fsp3) is 0.423. The Balaban J connectivity index is 1.50. The van der Waals surface area contributed by atoms with Crippen molar-refractivity contribution in [2.45, 2.75) is 33.2 Å². The lowest BCUT2D eigenvalue weighted by molar-refractivity contribution is 0.202. The lowest BCUT2D eigenvalue weighted by Gasteiger charge is -2.28. The number of fused-ring (bicyclic) bond motifs is 2. The lowest BCUT2D eigenvalue weighted by atomic mass is 9.97. The predicted octanol–water partition coefficient (Wildman–Crippen LogP) is 4.61. The van der Waals surface area contributed by atoms with Gasteiger partial charge in [0.05, 0.1) is 12.0 Å². The van der Waals surface area contributed by atoms with Crippen LogP contribution in [0, 0.1) is 11.8 Å². The first-order chi connectivity index (χ1) is 16.0. The SMILES string of the molecule is CC(C)COc1ccc2cc(-c3nn(CC4CCN(C)CC4)c4ncnc(N)c34)ccc2c1. The number of aromatic nitrogens is 4. The van der Waals surface area contributed by atoms with Crippen LogP contribution in [0.2, 0.25) is 0 Å². The number of anilines is 1. The second-order valence-electron chi connectivity index (χ2n) is 9.66. The summed E-state index contributed by atoms with van der Waals surface area (Å²) in [5.41, 5.74) is 9.00. The van der Waals surface area contributed by atoms with Crippen molar-refractivity contribution in [2.24, 2.45) is 11.8 Å². The molecule has 172 valence electrons. The number of nitrogens with two attached hydrogens (primary N) is 1. The fourth-order valence-corrected chi connectivity index (χ4v) is 4.57. The van der Waals surface area contributed by atoms with Crippen molar-refractivity contribution in [3.63, 3.8) is 0 Å². The molecule has 7 nitrogen and oxygen atoms in total. The van der Waals surface area contributed by atoms with Gasteiger partial charge < -0.3 is 15.4 Å². The van der Waals surface area contributed by atoms with Crippen LogP contribution < -0.4 is 10.5 Å². The monoisotopic (exact) mass is 444 g/mol. The molecule has 0 spiro atoms. The second kappa shape index (κ2) is 8.98. The molecule has 0 radical (unpaired) electrons. The first-order valence-corrected chi connectivity index (χ1v) is 11.8. The normalized spacial score (nSPS) is 15.6. The number of nitrogen functional groups attached to an aromatic ring is 1. The number of rotatable bonds is 6. The van der Waals surface area contributed by atoms with E-state index in [2.05, 4.69) is 66.1 Å². The summed E-state index contributed by atoms with van der Waals surface area (Å²) in [7, 11) is 2.19. The van der Waals surface area contributed by atoms with Crippen LogP contribution >= 0.6 is 0 Å². The van der Waals surface area contributed by atoms with E-state index in [4.69, 9.17) is 15.6 Å². The first kappa shape index (κ1) is 21.6. The van der Waals surface area contributed by atoms with Gasteiger partial charge in [0.25, 0.3) is 0 Å². The van der Waals surface area contributed by atoms with E-state index >= 15 is 0 Å². The molecule has 7 heteroatoms. The van der Waals surface area contributed by atoms with Gasteiger partial charge in [-0.3, -0.25) is 0 Å². The molecule has 5 rings (SSSR count). The van der Waals surface area contributed by atoms with Crippen LogP contribution in [-0.4, -0.2) is 51.4 Å². The highest BCUT2D eigenvalue weighted by atomic mass is 16.5. The molecule has 0 unspecified atom stereocenters. The molecule has 33 heavy (non-hydrogen) atoms. The van der Waals surface area contributed by atoms with Crippen LogP contribution in [0.3, 0.4) is 0 Å². The van der Waals surface area contributed by atoms with Crippen LogP contribution in [-0.2, 0) is 6.54 Å². The van der Waals surface area contributed by atoms with Crippen LogP contribution in [0.4, 0.5) is 5.82 Å². The third-order valence-corrected chi connectivity index (χ3v) is 6.50. The maximum absolute atomic E-state index is 6.32. The quantitative estimate of drug-likeness (QED) is 0.468. The van der Waals surface area contributed by atoms with Crippen LogP contribution in [0.5, 0.6) is 5.75 Å². The first-order valence-electron chi connectivity index (χ1n) is 11.8. The molecule has 1 aliphatic heterocycles. The van der Waals surface area contributed by atoms with E-state index in [-0.39, 0.29) is 0 Å². The number of hydrogen-bond donors (Lipinski definition) is 1. The average Bonchev–Trinajstić information content (AvgIpc) is 3.18. The summed E-state index contributed by atoms with van der Waals surface area (Å²) in [5, 5.41) is 8.11. The Labute approximate surface area is 194 Å². The molecule has 1 aliphatic rings.